The molecule has 0 saturated heterocycles. The van der Waals surface area contributed by atoms with Crippen molar-refractivity contribution >= 4 is 0 Å². The first-order valence-electron chi connectivity index (χ1n) is 13.7. The highest BCUT2D eigenvalue weighted by Gasteiger charge is 2.52. The van der Waals surface area contributed by atoms with Crippen molar-refractivity contribution in [2.24, 2.45) is 17.3 Å². The van der Waals surface area contributed by atoms with Crippen LogP contribution in [0.2, 0.25) is 0 Å². The van der Waals surface area contributed by atoms with Gasteiger partial charge in [0.2, 0.25) is 0 Å². The van der Waals surface area contributed by atoms with E-state index in [1.807, 2.05) is 0 Å². The van der Waals surface area contributed by atoms with Crippen LogP contribution in [-0.2, 0) is 6.42 Å². The molecule has 0 unspecified atom stereocenters. The molecular formula is C30H45FO. The Hall–Kier alpha value is -1.31. The van der Waals surface area contributed by atoms with Crippen molar-refractivity contribution in [3.63, 3.8) is 0 Å². The van der Waals surface area contributed by atoms with E-state index in [2.05, 4.69) is 32.0 Å². The zero-order valence-electron chi connectivity index (χ0n) is 20.6. The zero-order chi connectivity index (χ0) is 22.4. The van der Waals surface area contributed by atoms with Crippen molar-refractivity contribution < 1.29 is 9.13 Å². The number of unbranched alkanes of at least 4 members (excludes halogenated alkanes) is 8. The molecule has 0 N–H and O–H groups in total. The summed E-state index contributed by atoms with van der Waals surface area (Å²) in [5.74, 6) is 3.12. The Morgan fingerprint density at radius 1 is 0.969 bits per heavy atom. The Morgan fingerprint density at radius 3 is 2.47 bits per heavy atom. The Balaban J connectivity index is 1.24. The van der Waals surface area contributed by atoms with Gasteiger partial charge in [-0.15, -0.1) is 0 Å². The second-order valence-corrected chi connectivity index (χ2v) is 11.1. The minimum absolute atomic E-state index is 0.117. The molecule has 0 aromatic heterocycles. The van der Waals surface area contributed by atoms with E-state index < -0.39 is 0 Å². The maximum atomic E-state index is 13.5. The lowest BCUT2D eigenvalue weighted by Gasteiger charge is -2.49. The molecule has 1 nitrogen and oxygen atoms in total. The number of rotatable bonds is 11. The van der Waals surface area contributed by atoms with Gasteiger partial charge in [0, 0.05) is 0 Å². The smallest absolute Gasteiger partial charge is 0.119 e. The van der Waals surface area contributed by atoms with Gasteiger partial charge in [-0.3, -0.25) is 0 Å². The van der Waals surface area contributed by atoms with Crippen LogP contribution in [0.15, 0.2) is 30.1 Å². The number of hydrogen-bond acceptors (Lipinski definition) is 1. The summed E-state index contributed by atoms with van der Waals surface area (Å²) in [5, 5.41) is 0. The average molecular weight is 441 g/mol. The van der Waals surface area contributed by atoms with Crippen molar-refractivity contribution in [2.45, 2.75) is 116 Å². The number of ether oxygens (including phenoxy) is 1. The van der Waals surface area contributed by atoms with Gasteiger partial charge in [0.05, 0.1) is 12.9 Å². The molecule has 2 heteroatoms. The molecule has 3 aliphatic rings. The molecule has 1 aromatic rings. The van der Waals surface area contributed by atoms with Gasteiger partial charge in [-0.2, -0.15) is 0 Å². The second-order valence-electron chi connectivity index (χ2n) is 11.1. The molecule has 1 aromatic carbocycles. The lowest BCUT2D eigenvalue weighted by atomic mass is 9.55. The fourth-order valence-electron chi connectivity index (χ4n) is 7.28. The molecule has 3 aliphatic carbocycles. The number of halogens is 1. The Bertz CT molecular complexity index is 768. The first-order chi connectivity index (χ1) is 15.7. The van der Waals surface area contributed by atoms with Crippen molar-refractivity contribution in [2.75, 3.05) is 6.61 Å². The normalized spacial score (nSPS) is 30.1. The van der Waals surface area contributed by atoms with Crippen LogP contribution >= 0.6 is 0 Å². The Morgan fingerprint density at radius 2 is 1.72 bits per heavy atom. The van der Waals surface area contributed by atoms with Crippen LogP contribution in [0, 0.1) is 17.3 Å². The number of aryl methyl sites for hydroxylation is 1. The van der Waals surface area contributed by atoms with Gasteiger partial charge in [-0.05, 0) is 96.9 Å². The summed E-state index contributed by atoms with van der Waals surface area (Å²) < 4.78 is 19.6. The van der Waals surface area contributed by atoms with Gasteiger partial charge in [-0.1, -0.05) is 71.3 Å². The highest BCUT2D eigenvalue weighted by atomic mass is 19.1. The maximum absolute atomic E-state index is 13.5. The van der Waals surface area contributed by atoms with Crippen LogP contribution < -0.4 is 4.74 Å². The van der Waals surface area contributed by atoms with Crippen LogP contribution in [-0.4, -0.2) is 6.61 Å². The van der Waals surface area contributed by atoms with Gasteiger partial charge in [0.15, 0.2) is 0 Å². The molecule has 0 bridgehead atoms. The van der Waals surface area contributed by atoms with Crippen molar-refractivity contribution in [3.8, 4) is 5.75 Å². The molecule has 0 amide bonds. The molecule has 4 atom stereocenters. The average Bonchev–Trinajstić information content (AvgIpc) is 3.16. The summed E-state index contributed by atoms with van der Waals surface area (Å²) in [7, 11) is 0. The largest absolute Gasteiger partial charge is 0.494 e. The van der Waals surface area contributed by atoms with Crippen molar-refractivity contribution in [1.82, 2.24) is 0 Å². The van der Waals surface area contributed by atoms with E-state index in [1.54, 1.807) is 5.56 Å². The third kappa shape index (κ3) is 5.10. The predicted molar refractivity (Wildman–Crippen MR) is 133 cm³/mol. The monoisotopic (exact) mass is 440 g/mol. The quantitative estimate of drug-likeness (QED) is 0.311. The summed E-state index contributed by atoms with van der Waals surface area (Å²) >= 11 is 0. The topological polar surface area (TPSA) is 9.23 Å². The van der Waals surface area contributed by atoms with Crippen LogP contribution in [0.5, 0.6) is 5.75 Å². The number of hydrogen-bond donors (Lipinski definition) is 0. The summed E-state index contributed by atoms with van der Waals surface area (Å²) in [5.41, 5.74) is 4.29. The molecule has 0 radical (unpaired) electrons. The van der Waals surface area contributed by atoms with Crippen LogP contribution in [0.1, 0.15) is 121 Å². The SMILES string of the molecule is CCCCCCCCCCCOc1ccc2c(c1)CC[C@@H]1[C@@H]2CC[C@]2(C)C(=CF)CC[C@@H]12. The number of benzene rings is 1. The van der Waals surface area contributed by atoms with Crippen molar-refractivity contribution in [1.29, 1.82) is 0 Å². The van der Waals surface area contributed by atoms with Gasteiger partial charge in [0.1, 0.15) is 5.75 Å². The summed E-state index contributed by atoms with van der Waals surface area (Å²) in [6.45, 7) is 5.47. The van der Waals surface area contributed by atoms with E-state index in [0.717, 1.165) is 49.4 Å². The van der Waals surface area contributed by atoms with Gasteiger partial charge in [0.25, 0.3) is 0 Å². The summed E-state index contributed by atoms with van der Waals surface area (Å²) in [6.07, 6.45) is 20.0. The first kappa shape index (κ1) is 23.8. The first-order valence-corrected chi connectivity index (χ1v) is 13.7. The predicted octanol–water partition coefficient (Wildman–Crippen LogP) is 9.31. The van der Waals surface area contributed by atoms with Gasteiger partial charge < -0.3 is 4.74 Å². The highest BCUT2D eigenvalue weighted by molar-refractivity contribution is 5.41. The second kappa shape index (κ2) is 11.2. The molecule has 2 saturated carbocycles. The third-order valence-corrected chi connectivity index (χ3v) is 9.19. The van der Waals surface area contributed by atoms with Gasteiger partial charge in [-0.25, -0.2) is 4.39 Å². The Kier molecular flexibility index (Phi) is 8.35. The van der Waals surface area contributed by atoms with Crippen LogP contribution in [0.3, 0.4) is 0 Å². The minimum atomic E-state index is 0.117. The molecule has 0 heterocycles. The fourth-order valence-corrected chi connectivity index (χ4v) is 7.28. The summed E-state index contributed by atoms with van der Waals surface area (Å²) in [4.78, 5) is 0. The van der Waals surface area contributed by atoms with Crippen LogP contribution in [0.4, 0.5) is 4.39 Å². The molecule has 0 spiro atoms. The highest BCUT2D eigenvalue weighted by Crippen LogP contribution is 2.62. The number of fused-ring (bicyclic) bond motifs is 5. The lowest BCUT2D eigenvalue weighted by molar-refractivity contribution is 0.0806. The number of allylic oxidation sites excluding steroid dienone is 1. The van der Waals surface area contributed by atoms with Gasteiger partial charge >= 0.3 is 0 Å². The molecule has 4 rings (SSSR count). The maximum Gasteiger partial charge on any atom is 0.119 e. The van der Waals surface area contributed by atoms with E-state index in [1.165, 1.54) is 82.6 Å². The standard InChI is InChI=1S/C30H45FO/c1-3-4-5-6-7-8-9-10-11-20-32-25-14-16-26-23(21-25)12-15-28-27(26)18-19-30(2)24(22-31)13-17-29(28)30/h14,16,21-22,27-29H,3-13,15,17-20H2,1-2H3/t27-,28-,29+,30-/m1/s1. The van der Waals surface area contributed by atoms with E-state index in [0.29, 0.717) is 11.8 Å². The van der Waals surface area contributed by atoms with Crippen molar-refractivity contribution in [3.05, 3.63) is 41.2 Å². The lowest BCUT2D eigenvalue weighted by Crippen LogP contribution is -2.40. The van der Waals surface area contributed by atoms with E-state index in [4.69, 9.17) is 4.74 Å². The molecule has 0 aliphatic heterocycles. The van der Waals surface area contributed by atoms with E-state index in [9.17, 15) is 4.39 Å². The zero-order valence-corrected chi connectivity index (χ0v) is 20.6. The summed E-state index contributed by atoms with van der Waals surface area (Å²) in [6, 6.07) is 6.90. The van der Waals surface area contributed by atoms with Crippen LogP contribution in [0.25, 0.3) is 0 Å². The minimum Gasteiger partial charge on any atom is -0.494 e. The third-order valence-electron chi connectivity index (χ3n) is 9.19. The molecule has 178 valence electrons. The van der Waals surface area contributed by atoms with E-state index in [-0.39, 0.29) is 5.41 Å². The van der Waals surface area contributed by atoms with E-state index >= 15 is 0 Å². The Labute approximate surface area is 196 Å². The molecular weight excluding hydrogens is 395 g/mol. The molecule has 2 fully saturated rings. The molecule has 32 heavy (non-hydrogen) atoms. The fraction of sp³-hybridized carbons (Fsp3) is 0.733.